The molecule has 1 N–H and O–H groups in total. The molecule has 0 aromatic rings. The van der Waals surface area contributed by atoms with Gasteiger partial charge in [0.2, 0.25) is 0 Å². The van der Waals surface area contributed by atoms with Gasteiger partial charge in [0.15, 0.2) is 0 Å². The maximum absolute atomic E-state index is 8.09. The molecular weight excluding hydrogens is 130 g/mol. The minimum Gasteiger partial charge on any atom is -0.411 e. The van der Waals surface area contributed by atoms with E-state index in [-0.39, 0.29) is 0 Å². The van der Waals surface area contributed by atoms with Gasteiger partial charge in [-0.15, -0.1) is 0 Å². The first kappa shape index (κ1) is 9.17. The Balaban J connectivity index is 3.47. The van der Waals surface area contributed by atoms with Crippen LogP contribution in [-0.2, 0) is 4.74 Å². The minimum atomic E-state index is 0.705. The molecule has 0 unspecified atom stereocenters. The van der Waals surface area contributed by atoms with Crippen LogP contribution >= 0.6 is 0 Å². The third kappa shape index (κ3) is 5.31. The van der Waals surface area contributed by atoms with Crippen LogP contribution < -0.4 is 0 Å². The predicted octanol–water partition coefficient (Wildman–Crippen LogP) is 1.43. The molecule has 0 amide bonds. The van der Waals surface area contributed by atoms with E-state index in [0.717, 1.165) is 12.0 Å². The molecule has 10 heavy (non-hydrogen) atoms. The van der Waals surface area contributed by atoms with Crippen LogP contribution in [0.1, 0.15) is 13.3 Å². The summed E-state index contributed by atoms with van der Waals surface area (Å²) in [5.74, 6) is 0. The van der Waals surface area contributed by atoms with Crippen LogP contribution in [0.2, 0.25) is 0 Å². The molecule has 0 radical (unpaired) electrons. The Morgan fingerprint density at radius 2 is 2.40 bits per heavy atom. The molecule has 0 aliphatic heterocycles. The van der Waals surface area contributed by atoms with Crippen molar-refractivity contribution >= 4 is 6.21 Å². The summed E-state index contributed by atoms with van der Waals surface area (Å²) in [6.07, 6.45) is 4.20. The lowest BCUT2D eigenvalue weighted by molar-refractivity contribution is 0.204. The van der Waals surface area contributed by atoms with E-state index >= 15 is 0 Å². The van der Waals surface area contributed by atoms with Crippen LogP contribution in [0, 0.1) is 0 Å². The maximum Gasteiger partial charge on any atom is 0.0687 e. The maximum atomic E-state index is 8.09. The average Bonchev–Trinajstić information content (AvgIpc) is 1.89. The standard InChI is InChI=1S/C7H13NO2/c1-7(6-8-9)4-3-5-10-2/h4,6,9H,3,5H2,1-2H3/b7-4+,8-6+. The second kappa shape index (κ2) is 6.29. The largest absolute Gasteiger partial charge is 0.411 e. The van der Waals surface area contributed by atoms with Crippen LogP contribution in [0.5, 0.6) is 0 Å². The smallest absolute Gasteiger partial charge is 0.0687 e. The lowest BCUT2D eigenvalue weighted by Crippen LogP contribution is -1.86. The van der Waals surface area contributed by atoms with E-state index in [4.69, 9.17) is 9.94 Å². The van der Waals surface area contributed by atoms with Gasteiger partial charge in [-0.05, 0) is 18.9 Å². The van der Waals surface area contributed by atoms with Crippen molar-refractivity contribution in [1.29, 1.82) is 0 Å². The number of hydrogen-bond acceptors (Lipinski definition) is 3. The molecule has 0 spiro atoms. The second-order valence-corrected chi connectivity index (χ2v) is 1.97. The van der Waals surface area contributed by atoms with E-state index in [1.54, 1.807) is 7.11 Å². The van der Waals surface area contributed by atoms with Gasteiger partial charge in [-0.25, -0.2) is 0 Å². The van der Waals surface area contributed by atoms with Gasteiger partial charge in [-0.1, -0.05) is 11.2 Å². The summed E-state index contributed by atoms with van der Waals surface area (Å²) in [5, 5.41) is 11.0. The fraction of sp³-hybridized carbons (Fsp3) is 0.571. The summed E-state index contributed by atoms with van der Waals surface area (Å²) in [6.45, 7) is 2.58. The summed E-state index contributed by atoms with van der Waals surface area (Å²) in [5.41, 5.74) is 0.944. The lowest BCUT2D eigenvalue weighted by atomic mass is 10.3. The number of ether oxygens (including phenoxy) is 1. The number of oxime groups is 1. The fourth-order valence-electron chi connectivity index (χ4n) is 0.548. The summed E-state index contributed by atoms with van der Waals surface area (Å²) in [6, 6.07) is 0. The Hall–Kier alpha value is -0.830. The van der Waals surface area contributed by atoms with Crippen molar-refractivity contribution in [2.45, 2.75) is 13.3 Å². The lowest BCUT2D eigenvalue weighted by Gasteiger charge is -1.91. The van der Waals surface area contributed by atoms with Crippen LogP contribution in [-0.4, -0.2) is 25.1 Å². The van der Waals surface area contributed by atoms with Gasteiger partial charge in [0.1, 0.15) is 0 Å². The highest BCUT2D eigenvalue weighted by atomic mass is 16.5. The highest BCUT2D eigenvalue weighted by Crippen LogP contribution is 1.91. The van der Waals surface area contributed by atoms with Crippen LogP contribution in [0.3, 0.4) is 0 Å². The van der Waals surface area contributed by atoms with Crippen molar-refractivity contribution in [2.24, 2.45) is 5.16 Å². The first-order chi connectivity index (χ1) is 4.81. The Morgan fingerprint density at radius 3 is 2.90 bits per heavy atom. The molecule has 0 aromatic heterocycles. The molecule has 0 saturated carbocycles. The summed E-state index contributed by atoms with van der Waals surface area (Å²) in [7, 11) is 1.66. The molecular formula is C7H13NO2. The van der Waals surface area contributed by atoms with Crippen molar-refractivity contribution < 1.29 is 9.94 Å². The number of hydrogen-bond donors (Lipinski definition) is 1. The SMILES string of the molecule is COCC/C=C(C)/C=N/O. The number of allylic oxidation sites excluding steroid dienone is 1. The molecule has 3 nitrogen and oxygen atoms in total. The van der Waals surface area contributed by atoms with Gasteiger partial charge in [-0.3, -0.25) is 0 Å². The molecule has 0 heterocycles. The fourth-order valence-corrected chi connectivity index (χ4v) is 0.548. The van der Waals surface area contributed by atoms with E-state index in [1.807, 2.05) is 13.0 Å². The van der Waals surface area contributed by atoms with Gasteiger partial charge >= 0.3 is 0 Å². The Labute approximate surface area is 61.0 Å². The zero-order valence-electron chi connectivity index (χ0n) is 6.37. The molecule has 3 heteroatoms. The van der Waals surface area contributed by atoms with E-state index < -0.39 is 0 Å². The van der Waals surface area contributed by atoms with Crippen LogP contribution in [0.25, 0.3) is 0 Å². The van der Waals surface area contributed by atoms with Crippen LogP contribution in [0.15, 0.2) is 16.8 Å². The normalized spacial score (nSPS) is 12.8. The molecule has 0 aliphatic rings. The topological polar surface area (TPSA) is 41.8 Å². The Kier molecular flexibility index (Phi) is 5.77. The number of nitrogens with zero attached hydrogens (tertiary/aromatic N) is 1. The minimum absolute atomic E-state index is 0.705. The molecule has 0 rings (SSSR count). The zero-order valence-corrected chi connectivity index (χ0v) is 6.37. The van der Waals surface area contributed by atoms with E-state index in [1.165, 1.54) is 6.21 Å². The average molecular weight is 143 g/mol. The summed E-state index contributed by atoms with van der Waals surface area (Å²) < 4.78 is 4.82. The predicted molar refractivity (Wildman–Crippen MR) is 40.5 cm³/mol. The van der Waals surface area contributed by atoms with E-state index in [0.29, 0.717) is 6.61 Å². The first-order valence-corrected chi connectivity index (χ1v) is 3.14. The quantitative estimate of drug-likeness (QED) is 0.280. The third-order valence-electron chi connectivity index (χ3n) is 1.05. The van der Waals surface area contributed by atoms with Crippen molar-refractivity contribution in [1.82, 2.24) is 0 Å². The van der Waals surface area contributed by atoms with Crippen molar-refractivity contribution in [3.63, 3.8) is 0 Å². The molecule has 58 valence electrons. The summed E-state index contributed by atoms with van der Waals surface area (Å²) in [4.78, 5) is 0. The van der Waals surface area contributed by atoms with Gasteiger partial charge in [0.05, 0.1) is 6.21 Å². The van der Waals surface area contributed by atoms with Crippen molar-refractivity contribution in [2.75, 3.05) is 13.7 Å². The molecule has 0 saturated heterocycles. The second-order valence-electron chi connectivity index (χ2n) is 1.97. The van der Waals surface area contributed by atoms with Gasteiger partial charge < -0.3 is 9.94 Å². The Morgan fingerprint density at radius 1 is 1.70 bits per heavy atom. The third-order valence-corrected chi connectivity index (χ3v) is 1.05. The zero-order chi connectivity index (χ0) is 7.82. The van der Waals surface area contributed by atoms with Crippen LogP contribution in [0.4, 0.5) is 0 Å². The molecule has 0 atom stereocenters. The van der Waals surface area contributed by atoms with Gasteiger partial charge in [0.25, 0.3) is 0 Å². The molecule has 0 bridgehead atoms. The van der Waals surface area contributed by atoms with Crippen molar-refractivity contribution in [3.05, 3.63) is 11.6 Å². The molecule has 0 aromatic carbocycles. The molecule has 0 aliphatic carbocycles. The highest BCUT2D eigenvalue weighted by Gasteiger charge is 1.82. The van der Waals surface area contributed by atoms with Gasteiger partial charge in [0, 0.05) is 13.7 Å². The Bertz CT molecular complexity index is 130. The highest BCUT2D eigenvalue weighted by molar-refractivity contribution is 5.76. The summed E-state index contributed by atoms with van der Waals surface area (Å²) >= 11 is 0. The van der Waals surface area contributed by atoms with Crippen molar-refractivity contribution in [3.8, 4) is 0 Å². The monoisotopic (exact) mass is 143 g/mol. The molecule has 0 fully saturated rings. The number of rotatable bonds is 4. The first-order valence-electron chi connectivity index (χ1n) is 3.14. The number of methoxy groups -OCH3 is 1. The van der Waals surface area contributed by atoms with Gasteiger partial charge in [-0.2, -0.15) is 0 Å². The van der Waals surface area contributed by atoms with E-state index in [9.17, 15) is 0 Å². The van der Waals surface area contributed by atoms with E-state index in [2.05, 4.69) is 5.16 Å².